The van der Waals surface area contributed by atoms with Gasteiger partial charge in [-0.15, -0.1) is 0 Å². The molecule has 1 aromatic carbocycles. The molecule has 5 rings (SSSR count). The zero-order chi connectivity index (χ0) is 24.1. The lowest BCUT2D eigenvalue weighted by Gasteiger charge is -2.32. The molecule has 0 unspecified atom stereocenters. The van der Waals surface area contributed by atoms with Crippen LogP contribution in [0.1, 0.15) is 34.5 Å². The number of carbonyl (C=O) groups excluding carboxylic acids is 2. The first-order valence-electron chi connectivity index (χ1n) is 11.0. The summed E-state index contributed by atoms with van der Waals surface area (Å²) in [6.45, 7) is 2.00. The lowest BCUT2D eigenvalue weighted by molar-refractivity contribution is -0.144. The monoisotopic (exact) mass is 477 g/mol. The van der Waals surface area contributed by atoms with Gasteiger partial charge in [0.1, 0.15) is 5.82 Å². The third-order valence-corrected chi connectivity index (χ3v) is 6.61. The largest absolute Gasteiger partial charge is 0.383 e. The summed E-state index contributed by atoms with van der Waals surface area (Å²) in [6, 6.07) is 7.06. The summed E-state index contributed by atoms with van der Waals surface area (Å²) in [5.74, 6) is -0.0588. The van der Waals surface area contributed by atoms with Crippen LogP contribution in [0, 0.1) is 12.8 Å². The van der Waals surface area contributed by atoms with Crippen molar-refractivity contribution in [2.45, 2.75) is 26.3 Å². The Balaban J connectivity index is 1.57. The third kappa shape index (κ3) is 3.81. The number of hydrogen-bond acceptors (Lipinski definition) is 6. The van der Waals surface area contributed by atoms with Gasteiger partial charge in [-0.25, -0.2) is 9.99 Å². The van der Waals surface area contributed by atoms with Gasteiger partial charge in [-0.05, 0) is 49.6 Å². The highest BCUT2D eigenvalue weighted by Crippen LogP contribution is 2.32. The Morgan fingerprint density at radius 3 is 2.68 bits per heavy atom. The van der Waals surface area contributed by atoms with Gasteiger partial charge in [-0.2, -0.15) is 5.10 Å². The van der Waals surface area contributed by atoms with Crippen LogP contribution < -0.4 is 5.73 Å². The minimum Gasteiger partial charge on any atom is -0.383 e. The number of nitrogens with two attached hydrogens (primary N) is 1. The van der Waals surface area contributed by atoms with Gasteiger partial charge in [0.05, 0.1) is 39.9 Å². The number of pyridine rings is 2. The average Bonchev–Trinajstić information content (AvgIpc) is 3.60. The molecule has 1 saturated carbocycles. The summed E-state index contributed by atoms with van der Waals surface area (Å²) in [5.41, 5.74) is 9.46. The molecule has 0 radical (unpaired) electrons. The van der Waals surface area contributed by atoms with Crippen molar-refractivity contribution in [3.63, 3.8) is 0 Å². The van der Waals surface area contributed by atoms with E-state index in [1.807, 2.05) is 20.0 Å². The van der Waals surface area contributed by atoms with E-state index in [-0.39, 0.29) is 24.3 Å². The number of nitrogen functional groups attached to an aromatic ring is 1. The Labute approximate surface area is 201 Å². The standard InChI is InChI=1S/C24H24ClN7O2/c1-13-8-16(27-11-19(13)25)12-32(31(3)23(33)14-4-5-14)24(34)15-6-7-20-17(9-15)21-18(22(26)29-20)10-28-30(21)2/h6-11,14H,4-5,12H2,1-3H3,(H2,26,29). The molecular formula is C24H24ClN7O2. The Kier molecular flexibility index (Phi) is 5.36. The topological polar surface area (TPSA) is 110 Å². The number of fused-ring (bicyclic) bond motifs is 3. The lowest BCUT2D eigenvalue weighted by atomic mass is 10.1. The summed E-state index contributed by atoms with van der Waals surface area (Å²) in [5, 5.41) is 9.16. The maximum absolute atomic E-state index is 13.8. The second kappa shape index (κ2) is 8.25. The quantitative estimate of drug-likeness (QED) is 0.450. The molecule has 0 atom stereocenters. The highest BCUT2D eigenvalue weighted by Gasteiger charge is 2.36. The fourth-order valence-electron chi connectivity index (χ4n) is 4.10. The molecule has 0 aliphatic heterocycles. The Bertz CT molecular complexity index is 1460. The number of carbonyl (C=O) groups is 2. The predicted molar refractivity (Wildman–Crippen MR) is 130 cm³/mol. The first kappa shape index (κ1) is 22.1. The van der Waals surface area contributed by atoms with E-state index in [1.165, 1.54) is 10.0 Å². The lowest BCUT2D eigenvalue weighted by Crippen LogP contribution is -2.47. The zero-order valence-electron chi connectivity index (χ0n) is 19.1. The van der Waals surface area contributed by atoms with Crippen LogP contribution in [0.25, 0.3) is 21.8 Å². The van der Waals surface area contributed by atoms with Crippen LogP contribution in [0.3, 0.4) is 0 Å². The maximum atomic E-state index is 13.8. The predicted octanol–water partition coefficient (Wildman–Crippen LogP) is 3.49. The summed E-state index contributed by atoms with van der Waals surface area (Å²) in [7, 11) is 3.45. The van der Waals surface area contributed by atoms with Crippen LogP contribution in [0.2, 0.25) is 5.02 Å². The van der Waals surface area contributed by atoms with Crippen molar-refractivity contribution < 1.29 is 9.59 Å². The van der Waals surface area contributed by atoms with Gasteiger partial charge in [0.15, 0.2) is 0 Å². The van der Waals surface area contributed by atoms with E-state index in [0.29, 0.717) is 27.6 Å². The second-order valence-electron chi connectivity index (χ2n) is 8.68. The minimum absolute atomic E-state index is 0.0435. The van der Waals surface area contributed by atoms with E-state index in [2.05, 4.69) is 15.1 Å². The summed E-state index contributed by atoms with van der Waals surface area (Å²) in [6.07, 6.45) is 4.90. The van der Waals surface area contributed by atoms with E-state index in [1.54, 1.807) is 42.3 Å². The fraction of sp³-hybridized carbons (Fsp3) is 0.292. The number of amides is 2. The number of hydrazine groups is 1. The fourth-order valence-corrected chi connectivity index (χ4v) is 4.21. The molecule has 4 aromatic rings. The van der Waals surface area contributed by atoms with Crippen molar-refractivity contribution in [3.8, 4) is 0 Å². The third-order valence-electron chi connectivity index (χ3n) is 6.21. The number of aromatic nitrogens is 4. The van der Waals surface area contributed by atoms with Crippen molar-refractivity contribution in [3.05, 3.63) is 58.5 Å². The maximum Gasteiger partial charge on any atom is 0.272 e. The minimum atomic E-state index is -0.319. The Morgan fingerprint density at radius 1 is 1.21 bits per heavy atom. The molecule has 2 amide bonds. The highest BCUT2D eigenvalue weighted by atomic mass is 35.5. The molecule has 1 fully saturated rings. The second-order valence-corrected chi connectivity index (χ2v) is 9.09. The molecule has 9 nitrogen and oxygen atoms in total. The molecule has 34 heavy (non-hydrogen) atoms. The number of hydrogen-bond donors (Lipinski definition) is 1. The van der Waals surface area contributed by atoms with Gasteiger partial charge in [0.25, 0.3) is 5.91 Å². The number of benzene rings is 1. The van der Waals surface area contributed by atoms with E-state index in [4.69, 9.17) is 17.3 Å². The van der Waals surface area contributed by atoms with Crippen molar-refractivity contribution in [1.29, 1.82) is 0 Å². The van der Waals surface area contributed by atoms with Gasteiger partial charge in [-0.1, -0.05) is 11.6 Å². The normalized spacial score (nSPS) is 13.4. The van der Waals surface area contributed by atoms with Crippen molar-refractivity contribution >= 4 is 51.0 Å². The molecule has 10 heteroatoms. The Morgan fingerprint density at radius 2 is 1.97 bits per heavy atom. The zero-order valence-corrected chi connectivity index (χ0v) is 19.9. The summed E-state index contributed by atoms with van der Waals surface area (Å²) in [4.78, 5) is 35.5. The SMILES string of the molecule is Cc1cc(CN(C(=O)c2ccc3nc(N)c4cnn(C)c4c3c2)N(C)C(=O)C2CC2)ncc1Cl. The molecule has 1 aliphatic rings. The number of anilines is 1. The molecule has 0 saturated heterocycles. The number of aryl methyl sites for hydroxylation is 2. The Hall–Kier alpha value is -3.72. The molecule has 0 bridgehead atoms. The summed E-state index contributed by atoms with van der Waals surface area (Å²) >= 11 is 6.13. The van der Waals surface area contributed by atoms with Crippen LogP contribution in [-0.4, -0.2) is 48.6 Å². The average molecular weight is 478 g/mol. The van der Waals surface area contributed by atoms with Crippen LogP contribution in [0.4, 0.5) is 5.82 Å². The van der Waals surface area contributed by atoms with Gasteiger partial charge in [0.2, 0.25) is 5.91 Å². The van der Waals surface area contributed by atoms with Crippen LogP contribution in [0.15, 0.2) is 36.7 Å². The van der Waals surface area contributed by atoms with Crippen molar-refractivity contribution in [1.82, 2.24) is 29.8 Å². The number of halogens is 1. The van der Waals surface area contributed by atoms with Crippen molar-refractivity contribution in [2.24, 2.45) is 13.0 Å². The van der Waals surface area contributed by atoms with E-state index < -0.39 is 0 Å². The van der Waals surface area contributed by atoms with Crippen LogP contribution >= 0.6 is 11.6 Å². The molecule has 1 aliphatic carbocycles. The van der Waals surface area contributed by atoms with Gasteiger partial charge >= 0.3 is 0 Å². The van der Waals surface area contributed by atoms with Crippen LogP contribution in [0.5, 0.6) is 0 Å². The van der Waals surface area contributed by atoms with E-state index in [9.17, 15) is 9.59 Å². The van der Waals surface area contributed by atoms with E-state index >= 15 is 0 Å². The summed E-state index contributed by atoms with van der Waals surface area (Å²) < 4.78 is 1.71. The highest BCUT2D eigenvalue weighted by molar-refractivity contribution is 6.31. The number of rotatable bonds is 4. The molecule has 3 aromatic heterocycles. The molecule has 0 spiro atoms. The molecular weight excluding hydrogens is 454 g/mol. The van der Waals surface area contributed by atoms with Gasteiger partial charge < -0.3 is 5.73 Å². The smallest absolute Gasteiger partial charge is 0.272 e. The van der Waals surface area contributed by atoms with Crippen LogP contribution in [-0.2, 0) is 18.4 Å². The van der Waals surface area contributed by atoms with E-state index in [0.717, 1.165) is 34.7 Å². The first-order valence-corrected chi connectivity index (χ1v) is 11.3. The van der Waals surface area contributed by atoms with Crippen molar-refractivity contribution in [2.75, 3.05) is 12.8 Å². The van der Waals surface area contributed by atoms with Gasteiger partial charge in [-0.3, -0.25) is 24.3 Å². The number of nitrogens with zero attached hydrogens (tertiary/aromatic N) is 6. The first-order chi connectivity index (χ1) is 16.2. The molecule has 2 N–H and O–H groups in total. The van der Waals surface area contributed by atoms with Gasteiger partial charge in [0, 0.05) is 37.2 Å². The molecule has 3 heterocycles. The molecule has 174 valence electrons.